The smallest absolute Gasteiger partial charge is 0.409 e. The minimum atomic E-state index is -4.49. The zero-order valence-corrected chi connectivity index (χ0v) is 17.6. The highest BCUT2D eigenvalue weighted by molar-refractivity contribution is 6.34. The van der Waals surface area contributed by atoms with Crippen LogP contribution in [-0.4, -0.2) is 25.4 Å². The molecule has 0 spiro atoms. The molecule has 4 rings (SSSR count). The Morgan fingerprint density at radius 3 is 2.42 bits per heavy atom. The molecule has 1 aliphatic rings. The van der Waals surface area contributed by atoms with Gasteiger partial charge in [0.25, 0.3) is 0 Å². The molecule has 3 aromatic rings. The molecule has 1 unspecified atom stereocenters. The standard InChI is InChI=1S/C22H17Cl2F3N2O2/c23-15-9-14(10-16(24)11-15)21(22(25,26)27)6-7-29(12-21)17-4-5-18-13(8-17)2-1-3-19(18)31-20(28)30/h1-5,8-11H,6-7,12H2,(H2,28,30). The fourth-order valence-corrected chi connectivity index (χ4v) is 4.65. The second kappa shape index (κ2) is 7.80. The van der Waals surface area contributed by atoms with Crippen LogP contribution in [0.5, 0.6) is 5.75 Å². The highest BCUT2D eigenvalue weighted by Gasteiger charge is 2.59. The lowest BCUT2D eigenvalue weighted by Crippen LogP contribution is -2.44. The van der Waals surface area contributed by atoms with E-state index in [-0.39, 0.29) is 40.9 Å². The number of anilines is 1. The first-order valence-corrected chi connectivity index (χ1v) is 10.1. The predicted octanol–water partition coefficient (Wildman–Crippen LogP) is 6.31. The van der Waals surface area contributed by atoms with Crippen LogP contribution in [0.4, 0.5) is 23.7 Å². The number of fused-ring (bicyclic) bond motifs is 1. The van der Waals surface area contributed by atoms with E-state index in [1.54, 1.807) is 41.3 Å². The second-order valence-electron chi connectivity index (χ2n) is 7.49. The number of alkyl halides is 3. The number of primary amides is 1. The number of halogens is 5. The largest absolute Gasteiger partial charge is 0.410 e. The topological polar surface area (TPSA) is 55.6 Å². The Morgan fingerprint density at radius 1 is 1.06 bits per heavy atom. The Balaban J connectivity index is 1.72. The zero-order valence-electron chi connectivity index (χ0n) is 16.0. The molecule has 0 saturated carbocycles. The van der Waals surface area contributed by atoms with Gasteiger partial charge in [0.2, 0.25) is 0 Å². The minimum absolute atomic E-state index is 0.0536. The third-order valence-electron chi connectivity index (χ3n) is 5.63. The quantitative estimate of drug-likeness (QED) is 0.489. The lowest BCUT2D eigenvalue weighted by Gasteiger charge is -2.33. The number of carbonyl (C=O) groups excluding carboxylic acids is 1. The van der Waals surface area contributed by atoms with E-state index in [0.717, 1.165) is 0 Å². The van der Waals surface area contributed by atoms with Crippen LogP contribution in [0.1, 0.15) is 12.0 Å². The number of hydrogen-bond donors (Lipinski definition) is 1. The van der Waals surface area contributed by atoms with Gasteiger partial charge in [-0.25, -0.2) is 4.79 Å². The molecule has 1 saturated heterocycles. The van der Waals surface area contributed by atoms with E-state index in [0.29, 0.717) is 16.5 Å². The number of benzene rings is 3. The van der Waals surface area contributed by atoms with Gasteiger partial charge in [-0.15, -0.1) is 0 Å². The first-order valence-electron chi connectivity index (χ1n) is 9.37. The van der Waals surface area contributed by atoms with E-state index < -0.39 is 17.7 Å². The summed E-state index contributed by atoms with van der Waals surface area (Å²) in [6.07, 6.45) is -5.56. The summed E-state index contributed by atoms with van der Waals surface area (Å²) < 4.78 is 47.9. The molecule has 0 bridgehead atoms. The first kappa shape index (κ1) is 21.6. The van der Waals surface area contributed by atoms with Crippen molar-refractivity contribution in [2.24, 2.45) is 5.73 Å². The molecule has 162 valence electrons. The molecule has 3 aromatic carbocycles. The van der Waals surface area contributed by atoms with Crippen LogP contribution in [0.3, 0.4) is 0 Å². The maximum absolute atomic E-state index is 14.3. The van der Waals surface area contributed by atoms with E-state index in [1.807, 2.05) is 0 Å². The Labute approximate surface area is 186 Å². The van der Waals surface area contributed by atoms with Crippen molar-refractivity contribution in [2.45, 2.75) is 18.0 Å². The molecule has 0 aliphatic carbocycles. The number of nitrogens with zero attached hydrogens (tertiary/aromatic N) is 1. The van der Waals surface area contributed by atoms with E-state index in [4.69, 9.17) is 33.7 Å². The van der Waals surface area contributed by atoms with Crippen LogP contribution in [0.25, 0.3) is 10.8 Å². The van der Waals surface area contributed by atoms with E-state index in [9.17, 15) is 18.0 Å². The minimum Gasteiger partial charge on any atom is -0.410 e. The Morgan fingerprint density at radius 2 is 1.77 bits per heavy atom. The van der Waals surface area contributed by atoms with Crippen molar-refractivity contribution in [2.75, 3.05) is 18.0 Å². The number of rotatable bonds is 3. The van der Waals surface area contributed by atoms with E-state index in [1.165, 1.54) is 18.2 Å². The normalized spacial score (nSPS) is 19.1. The summed E-state index contributed by atoms with van der Waals surface area (Å²) in [5.74, 6) is 0.288. The number of ether oxygens (including phenoxy) is 1. The van der Waals surface area contributed by atoms with Crippen LogP contribution >= 0.6 is 23.2 Å². The summed E-state index contributed by atoms with van der Waals surface area (Å²) in [6, 6.07) is 14.3. The van der Waals surface area contributed by atoms with Gasteiger partial charge in [0.15, 0.2) is 0 Å². The van der Waals surface area contributed by atoms with Gasteiger partial charge in [-0.05, 0) is 59.8 Å². The lowest BCUT2D eigenvalue weighted by atomic mass is 9.79. The Bertz CT molecular complexity index is 1150. The molecule has 1 fully saturated rings. The summed E-state index contributed by atoms with van der Waals surface area (Å²) in [5.41, 5.74) is 3.69. The summed E-state index contributed by atoms with van der Waals surface area (Å²) >= 11 is 12.0. The van der Waals surface area contributed by atoms with Gasteiger partial charge >= 0.3 is 12.3 Å². The summed E-state index contributed by atoms with van der Waals surface area (Å²) in [6.45, 7) is -0.0667. The van der Waals surface area contributed by atoms with Crippen molar-refractivity contribution >= 4 is 45.8 Å². The highest BCUT2D eigenvalue weighted by Crippen LogP contribution is 2.49. The van der Waals surface area contributed by atoms with Crippen molar-refractivity contribution in [3.63, 3.8) is 0 Å². The zero-order chi connectivity index (χ0) is 22.4. The van der Waals surface area contributed by atoms with Crippen LogP contribution in [0, 0.1) is 0 Å². The monoisotopic (exact) mass is 468 g/mol. The Kier molecular flexibility index (Phi) is 5.43. The summed E-state index contributed by atoms with van der Waals surface area (Å²) in [5, 5.41) is 1.68. The summed E-state index contributed by atoms with van der Waals surface area (Å²) in [7, 11) is 0. The van der Waals surface area contributed by atoms with Crippen LogP contribution in [0.15, 0.2) is 54.6 Å². The van der Waals surface area contributed by atoms with Gasteiger partial charge < -0.3 is 15.4 Å². The predicted molar refractivity (Wildman–Crippen MR) is 115 cm³/mol. The number of amides is 1. The third-order valence-corrected chi connectivity index (χ3v) is 6.06. The molecule has 0 radical (unpaired) electrons. The van der Waals surface area contributed by atoms with Gasteiger partial charge in [-0.3, -0.25) is 0 Å². The van der Waals surface area contributed by atoms with Gasteiger partial charge in [0, 0.05) is 34.2 Å². The molecule has 9 heteroatoms. The van der Waals surface area contributed by atoms with Crippen molar-refractivity contribution < 1.29 is 22.7 Å². The van der Waals surface area contributed by atoms with Gasteiger partial charge in [-0.1, -0.05) is 35.3 Å². The molecule has 2 N–H and O–H groups in total. The van der Waals surface area contributed by atoms with E-state index in [2.05, 4.69) is 0 Å². The summed E-state index contributed by atoms with van der Waals surface area (Å²) in [4.78, 5) is 12.8. The number of hydrogen-bond acceptors (Lipinski definition) is 3. The number of nitrogens with two attached hydrogens (primary N) is 1. The molecule has 4 nitrogen and oxygen atoms in total. The molecular weight excluding hydrogens is 452 g/mol. The fraction of sp³-hybridized carbons (Fsp3) is 0.227. The third kappa shape index (κ3) is 4.00. The van der Waals surface area contributed by atoms with Crippen LogP contribution < -0.4 is 15.4 Å². The van der Waals surface area contributed by atoms with Gasteiger partial charge in [0.1, 0.15) is 11.2 Å². The molecule has 1 aliphatic heterocycles. The first-order chi connectivity index (χ1) is 14.6. The van der Waals surface area contributed by atoms with Crippen molar-refractivity contribution in [1.29, 1.82) is 0 Å². The average molecular weight is 469 g/mol. The molecular formula is C22H17Cl2F3N2O2. The van der Waals surface area contributed by atoms with Crippen LogP contribution in [-0.2, 0) is 5.41 Å². The van der Waals surface area contributed by atoms with E-state index >= 15 is 0 Å². The molecule has 1 amide bonds. The SMILES string of the molecule is NC(=O)Oc1cccc2cc(N3CCC(c4cc(Cl)cc(Cl)c4)(C(F)(F)F)C3)ccc12. The average Bonchev–Trinajstić information content (AvgIpc) is 3.13. The van der Waals surface area contributed by atoms with Crippen molar-refractivity contribution in [1.82, 2.24) is 0 Å². The lowest BCUT2D eigenvalue weighted by molar-refractivity contribution is -0.184. The molecule has 0 aromatic heterocycles. The fourth-order valence-electron chi connectivity index (χ4n) is 4.13. The maximum Gasteiger partial charge on any atom is 0.409 e. The van der Waals surface area contributed by atoms with Gasteiger partial charge in [0.05, 0.1) is 0 Å². The van der Waals surface area contributed by atoms with Gasteiger partial charge in [-0.2, -0.15) is 13.2 Å². The number of carbonyl (C=O) groups is 1. The van der Waals surface area contributed by atoms with Crippen LogP contribution in [0.2, 0.25) is 10.0 Å². The second-order valence-corrected chi connectivity index (χ2v) is 8.37. The molecule has 1 heterocycles. The van der Waals surface area contributed by atoms with Crippen molar-refractivity contribution in [3.8, 4) is 5.75 Å². The van der Waals surface area contributed by atoms with Crippen molar-refractivity contribution in [3.05, 3.63) is 70.2 Å². The molecule has 31 heavy (non-hydrogen) atoms. The molecule has 1 atom stereocenters. The maximum atomic E-state index is 14.3. The highest BCUT2D eigenvalue weighted by atomic mass is 35.5. The Hall–Kier alpha value is -2.64.